The number of benzene rings is 2. The van der Waals surface area contributed by atoms with E-state index in [1.807, 2.05) is 61.5 Å². The van der Waals surface area contributed by atoms with Crippen LogP contribution in [0.1, 0.15) is 39.9 Å². The normalized spacial score (nSPS) is 16.4. The maximum atomic E-state index is 16.0. The van der Waals surface area contributed by atoms with E-state index in [4.69, 9.17) is 4.74 Å². The van der Waals surface area contributed by atoms with Crippen molar-refractivity contribution in [2.45, 2.75) is 51.4 Å². The van der Waals surface area contributed by atoms with Crippen LogP contribution in [0.15, 0.2) is 72.8 Å². The minimum Gasteiger partial charge on any atom is -0.497 e. The highest BCUT2D eigenvalue weighted by molar-refractivity contribution is 7.26. The molecule has 7 rings (SSSR count). The lowest BCUT2D eigenvalue weighted by atomic mass is 10.0. The molecule has 0 aliphatic heterocycles. The number of ether oxygens (including phenoxy) is 1. The standard InChI is InChI=1S/C37H28F6N2OS4/c1-5-24-31(49-33(44-24)22-10-8-20(9-11-22)21-12-14-23(46-4)15-13-21)29-30(36(40,41)37(42,43)35(29,38)39)32-25(6-2)45-34(50-32)28-18-17-27(48-28)26-16-7-19(3)47-26/h7-18H,5-6H2,1-4H3. The highest BCUT2D eigenvalue weighted by Crippen LogP contribution is 2.66. The number of thiazole rings is 2. The van der Waals surface area contributed by atoms with E-state index >= 15 is 26.3 Å². The van der Waals surface area contributed by atoms with Crippen LogP contribution in [0.2, 0.25) is 0 Å². The first-order chi connectivity index (χ1) is 23.8. The molecule has 0 saturated heterocycles. The molecule has 258 valence electrons. The summed E-state index contributed by atoms with van der Waals surface area (Å²) in [6.07, 6.45) is 0.141. The number of allylic oxidation sites excluding steroid dienone is 2. The van der Waals surface area contributed by atoms with Gasteiger partial charge >= 0.3 is 17.8 Å². The van der Waals surface area contributed by atoms with Crippen molar-refractivity contribution in [2.24, 2.45) is 0 Å². The van der Waals surface area contributed by atoms with Gasteiger partial charge in [-0.3, -0.25) is 0 Å². The molecule has 0 saturated carbocycles. The molecule has 0 amide bonds. The second-order valence-electron chi connectivity index (χ2n) is 11.7. The summed E-state index contributed by atoms with van der Waals surface area (Å²) >= 11 is 4.43. The first kappa shape index (κ1) is 34.7. The van der Waals surface area contributed by atoms with Crippen molar-refractivity contribution in [3.05, 3.63) is 98.8 Å². The Kier molecular flexibility index (Phi) is 8.85. The topological polar surface area (TPSA) is 35.0 Å². The number of hydrogen-bond acceptors (Lipinski definition) is 7. The molecular formula is C37H28F6N2OS4. The number of thiophene rings is 2. The number of alkyl halides is 6. The Morgan fingerprint density at radius 3 is 1.54 bits per heavy atom. The Bertz CT molecular complexity index is 2230. The number of rotatable bonds is 9. The van der Waals surface area contributed by atoms with Crippen molar-refractivity contribution in [3.8, 4) is 47.1 Å². The largest absolute Gasteiger partial charge is 0.497 e. The molecule has 0 N–H and O–H groups in total. The highest BCUT2D eigenvalue weighted by Gasteiger charge is 2.81. The molecule has 0 atom stereocenters. The maximum absolute atomic E-state index is 16.0. The van der Waals surface area contributed by atoms with E-state index in [-0.39, 0.29) is 39.0 Å². The lowest BCUT2D eigenvalue weighted by Crippen LogP contribution is -2.48. The van der Waals surface area contributed by atoms with Crippen molar-refractivity contribution < 1.29 is 31.1 Å². The smallest absolute Gasteiger partial charge is 0.380 e. The Hall–Kier alpha value is -3.78. The molecule has 1 aliphatic carbocycles. The van der Waals surface area contributed by atoms with Gasteiger partial charge in [-0.2, -0.15) is 26.3 Å². The van der Waals surface area contributed by atoms with Gasteiger partial charge in [-0.25, -0.2) is 9.97 Å². The molecule has 13 heteroatoms. The van der Waals surface area contributed by atoms with E-state index in [1.54, 1.807) is 50.5 Å². The van der Waals surface area contributed by atoms with E-state index in [9.17, 15) is 0 Å². The van der Waals surface area contributed by atoms with Gasteiger partial charge in [0.1, 0.15) is 15.8 Å². The van der Waals surface area contributed by atoms with E-state index < -0.39 is 28.9 Å². The molecule has 0 spiro atoms. The average Bonchev–Trinajstić information content (AvgIpc) is 3.93. The third-order valence-corrected chi connectivity index (χ3v) is 13.3. The maximum Gasteiger partial charge on any atom is 0.380 e. The van der Waals surface area contributed by atoms with Crippen LogP contribution in [-0.4, -0.2) is 34.8 Å². The Morgan fingerprint density at radius 1 is 0.560 bits per heavy atom. The molecule has 4 heterocycles. The van der Waals surface area contributed by atoms with E-state index in [0.717, 1.165) is 48.4 Å². The van der Waals surface area contributed by atoms with E-state index in [0.29, 0.717) is 21.2 Å². The van der Waals surface area contributed by atoms with Gasteiger partial charge in [0.15, 0.2) is 0 Å². The fourth-order valence-electron chi connectivity index (χ4n) is 5.88. The average molecular weight is 759 g/mol. The van der Waals surface area contributed by atoms with Crippen molar-refractivity contribution in [2.75, 3.05) is 7.11 Å². The number of methoxy groups -OCH3 is 1. The number of aromatic nitrogens is 2. The summed E-state index contributed by atoms with van der Waals surface area (Å²) in [5, 5.41) is 0.565. The third-order valence-electron chi connectivity index (χ3n) is 8.54. The summed E-state index contributed by atoms with van der Waals surface area (Å²) < 4.78 is 99.8. The van der Waals surface area contributed by atoms with Gasteiger partial charge < -0.3 is 4.74 Å². The van der Waals surface area contributed by atoms with Gasteiger partial charge in [0.25, 0.3) is 0 Å². The van der Waals surface area contributed by atoms with E-state index in [1.165, 1.54) is 11.3 Å². The predicted molar refractivity (Wildman–Crippen MR) is 193 cm³/mol. The van der Waals surface area contributed by atoms with Crippen molar-refractivity contribution in [3.63, 3.8) is 0 Å². The predicted octanol–water partition coefficient (Wildman–Crippen LogP) is 12.7. The summed E-state index contributed by atoms with van der Waals surface area (Å²) in [6, 6.07) is 22.2. The molecule has 0 fully saturated rings. The summed E-state index contributed by atoms with van der Waals surface area (Å²) in [5.74, 6) is -15.3. The zero-order valence-corrected chi connectivity index (χ0v) is 30.3. The van der Waals surface area contributed by atoms with Gasteiger partial charge in [0, 0.05) is 20.2 Å². The molecule has 3 nitrogen and oxygen atoms in total. The van der Waals surface area contributed by atoms with Gasteiger partial charge in [-0.1, -0.05) is 50.2 Å². The molecule has 6 aromatic rings. The second kappa shape index (κ2) is 12.8. The van der Waals surface area contributed by atoms with Crippen LogP contribution in [0.4, 0.5) is 26.3 Å². The lowest BCUT2D eigenvalue weighted by molar-refractivity contribution is -0.254. The van der Waals surface area contributed by atoms with Gasteiger partial charge in [-0.05, 0) is 67.3 Å². The number of nitrogens with zero attached hydrogens (tertiary/aromatic N) is 2. The fraction of sp³-hybridized carbons (Fsp3) is 0.243. The summed E-state index contributed by atoms with van der Waals surface area (Å²) in [6.45, 7) is 5.25. The lowest BCUT2D eigenvalue weighted by Gasteiger charge is -2.25. The quantitative estimate of drug-likeness (QED) is 0.138. The second-order valence-corrected chi connectivity index (χ2v) is 16.0. The van der Waals surface area contributed by atoms with Crippen molar-refractivity contribution >= 4 is 56.5 Å². The van der Waals surface area contributed by atoms with Crippen molar-refractivity contribution in [1.82, 2.24) is 9.97 Å². The van der Waals surface area contributed by atoms with Crippen LogP contribution in [0.5, 0.6) is 5.75 Å². The van der Waals surface area contributed by atoms with Gasteiger partial charge in [0.2, 0.25) is 0 Å². The van der Waals surface area contributed by atoms with Crippen LogP contribution >= 0.6 is 45.3 Å². The molecule has 0 unspecified atom stereocenters. The van der Waals surface area contributed by atoms with E-state index in [2.05, 4.69) is 9.97 Å². The first-order valence-electron chi connectivity index (χ1n) is 15.6. The molecule has 0 radical (unpaired) electrons. The van der Waals surface area contributed by atoms with Crippen LogP contribution in [0, 0.1) is 6.92 Å². The van der Waals surface area contributed by atoms with Gasteiger partial charge in [-0.15, -0.1) is 45.3 Å². The van der Waals surface area contributed by atoms with Crippen molar-refractivity contribution in [1.29, 1.82) is 0 Å². The Labute approximate surface area is 300 Å². The monoisotopic (exact) mass is 758 g/mol. The summed E-state index contributed by atoms with van der Waals surface area (Å²) in [5.41, 5.74) is -0.336. The molecule has 0 bridgehead atoms. The molecule has 2 aromatic carbocycles. The van der Waals surface area contributed by atoms with Crippen LogP contribution in [-0.2, 0) is 12.8 Å². The number of aryl methyl sites for hydroxylation is 3. The first-order valence-corrected chi connectivity index (χ1v) is 18.9. The van der Waals surface area contributed by atoms with Crippen LogP contribution in [0.25, 0.3) is 52.5 Å². The highest BCUT2D eigenvalue weighted by atomic mass is 32.1. The molecule has 1 aliphatic rings. The zero-order valence-electron chi connectivity index (χ0n) is 27.0. The SMILES string of the molecule is CCc1nc(-c2ccc(-c3ccc(OC)cc3)cc2)sc1C1=C(c2sc(-c3ccc(-c4ccc(C)s4)s3)nc2CC)C(F)(F)C(F)(F)C1(F)F. The Morgan fingerprint density at radius 2 is 1.02 bits per heavy atom. The third kappa shape index (κ3) is 5.53. The fourth-order valence-corrected chi connectivity index (χ4v) is 10.4. The van der Waals surface area contributed by atoms with Crippen LogP contribution < -0.4 is 4.74 Å². The molecule has 4 aromatic heterocycles. The Balaban J connectivity index is 1.35. The minimum atomic E-state index is -5.68. The zero-order chi connectivity index (χ0) is 35.6. The number of hydrogen-bond donors (Lipinski definition) is 0. The number of halogens is 6. The van der Waals surface area contributed by atoms with Crippen LogP contribution in [0.3, 0.4) is 0 Å². The van der Waals surface area contributed by atoms with Gasteiger partial charge in [0.05, 0.1) is 44.3 Å². The summed E-state index contributed by atoms with van der Waals surface area (Å²) in [4.78, 5) is 12.0. The molecule has 50 heavy (non-hydrogen) atoms. The molecular weight excluding hydrogens is 731 g/mol. The minimum absolute atomic E-state index is 0.0434. The summed E-state index contributed by atoms with van der Waals surface area (Å²) in [7, 11) is 1.57.